The van der Waals surface area contributed by atoms with Crippen molar-refractivity contribution in [1.29, 1.82) is 0 Å². The number of Topliss-reactive ketones (excluding diaryl/α,β-unsaturated/α-hetero) is 1. The van der Waals surface area contributed by atoms with Gasteiger partial charge in [0.2, 0.25) is 0 Å². The first-order valence-electron chi connectivity index (χ1n) is 5.81. The zero-order chi connectivity index (χ0) is 13.8. The van der Waals surface area contributed by atoms with Gasteiger partial charge < -0.3 is 4.74 Å². The number of ketones is 1. The maximum atomic E-state index is 11.6. The molecule has 0 fully saturated rings. The second kappa shape index (κ2) is 5.62. The minimum absolute atomic E-state index is 0.123. The first kappa shape index (κ1) is 14.2. The molecule has 0 aromatic carbocycles. The number of pyridine rings is 1. The number of aromatic nitrogens is 1. The van der Waals surface area contributed by atoms with E-state index in [0.717, 1.165) is 0 Å². The van der Waals surface area contributed by atoms with E-state index in [1.807, 2.05) is 0 Å². The van der Waals surface area contributed by atoms with Crippen LogP contribution in [0.4, 0.5) is 10.5 Å². The minimum Gasteiger partial charge on any atom is -0.444 e. The summed E-state index contributed by atoms with van der Waals surface area (Å²) in [4.78, 5) is 27.2. The Morgan fingerprint density at radius 2 is 2.06 bits per heavy atom. The molecular weight excluding hydrogens is 232 g/mol. The summed E-state index contributed by atoms with van der Waals surface area (Å²) in [7, 11) is 0. The van der Waals surface area contributed by atoms with Gasteiger partial charge in [0.05, 0.1) is 5.69 Å². The third-order valence-corrected chi connectivity index (χ3v) is 2.03. The fourth-order valence-electron chi connectivity index (χ4n) is 1.31. The van der Waals surface area contributed by atoms with Crippen molar-refractivity contribution in [3.8, 4) is 0 Å². The highest BCUT2D eigenvalue weighted by molar-refractivity contribution is 6.01. The van der Waals surface area contributed by atoms with Crippen molar-refractivity contribution in [1.82, 2.24) is 4.98 Å². The van der Waals surface area contributed by atoms with Gasteiger partial charge in [0.15, 0.2) is 5.78 Å². The summed E-state index contributed by atoms with van der Waals surface area (Å²) in [5.41, 5.74) is 0.0470. The lowest BCUT2D eigenvalue weighted by atomic mass is 10.2. The molecule has 0 aliphatic rings. The first-order chi connectivity index (χ1) is 8.33. The molecule has 18 heavy (non-hydrogen) atoms. The standard InChI is InChI=1S/C13H18N2O3/c1-5-10(16)11-9(7-6-8-14-11)15-12(17)18-13(2,3)4/h6-8H,5H2,1-4H3,(H,15,17). The largest absolute Gasteiger partial charge is 0.444 e. The Bertz CT molecular complexity index is 450. The molecule has 0 saturated carbocycles. The van der Waals surface area contributed by atoms with Crippen LogP contribution in [0.1, 0.15) is 44.6 Å². The van der Waals surface area contributed by atoms with E-state index in [1.54, 1.807) is 39.8 Å². The van der Waals surface area contributed by atoms with Gasteiger partial charge in [-0.05, 0) is 32.9 Å². The van der Waals surface area contributed by atoms with Gasteiger partial charge >= 0.3 is 6.09 Å². The number of hydrogen-bond donors (Lipinski definition) is 1. The van der Waals surface area contributed by atoms with Crippen LogP contribution in [0.2, 0.25) is 0 Å². The minimum atomic E-state index is -0.597. The van der Waals surface area contributed by atoms with Crippen LogP contribution in [0.25, 0.3) is 0 Å². The Hall–Kier alpha value is -1.91. The van der Waals surface area contributed by atoms with Gasteiger partial charge in [-0.15, -0.1) is 0 Å². The van der Waals surface area contributed by atoms with E-state index in [4.69, 9.17) is 4.74 Å². The predicted octanol–water partition coefficient (Wildman–Crippen LogP) is 3.02. The number of ether oxygens (including phenoxy) is 1. The molecule has 0 radical (unpaired) electrons. The fourth-order valence-corrected chi connectivity index (χ4v) is 1.31. The van der Waals surface area contributed by atoms with Crippen LogP contribution in [-0.4, -0.2) is 22.5 Å². The van der Waals surface area contributed by atoms with Crippen molar-refractivity contribution in [2.75, 3.05) is 5.32 Å². The van der Waals surface area contributed by atoms with E-state index in [9.17, 15) is 9.59 Å². The summed E-state index contributed by atoms with van der Waals surface area (Å²) in [5.74, 6) is -0.123. The van der Waals surface area contributed by atoms with Crippen LogP contribution >= 0.6 is 0 Å². The molecule has 5 heteroatoms. The smallest absolute Gasteiger partial charge is 0.412 e. The second-order valence-electron chi connectivity index (χ2n) is 4.80. The molecule has 1 rings (SSSR count). The van der Waals surface area contributed by atoms with Crippen LogP contribution in [0.5, 0.6) is 0 Å². The lowest BCUT2D eigenvalue weighted by Gasteiger charge is -2.20. The third-order valence-electron chi connectivity index (χ3n) is 2.03. The van der Waals surface area contributed by atoms with Crippen LogP contribution in [0, 0.1) is 0 Å². The molecule has 98 valence electrons. The van der Waals surface area contributed by atoms with Crippen molar-refractivity contribution in [3.05, 3.63) is 24.0 Å². The number of nitrogens with zero attached hydrogens (tertiary/aromatic N) is 1. The molecule has 5 nitrogen and oxygen atoms in total. The number of carbonyl (C=O) groups is 2. The van der Waals surface area contributed by atoms with Crippen LogP contribution in [0.15, 0.2) is 18.3 Å². The molecule has 0 unspecified atom stereocenters. The van der Waals surface area contributed by atoms with E-state index < -0.39 is 11.7 Å². The highest BCUT2D eigenvalue weighted by atomic mass is 16.6. The quantitative estimate of drug-likeness (QED) is 0.837. The van der Waals surface area contributed by atoms with E-state index in [-0.39, 0.29) is 11.5 Å². The Labute approximate surface area is 107 Å². The average Bonchev–Trinajstić information content (AvgIpc) is 2.26. The summed E-state index contributed by atoms with van der Waals surface area (Å²) in [5, 5.41) is 2.54. The summed E-state index contributed by atoms with van der Waals surface area (Å²) in [6.45, 7) is 7.06. The molecule has 1 heterocycles. The van der Waals surface area contributed by atoms with Crippen LogP contribution < -0.4 is 5.32 Å². The van der Waals surface area contributed by atoms with Gasteiger partial charge in [-0.1, -0.05) is 6.92 Å². The highest BCUT2D eigenvalue weighted by Gasteiger charge is 2.18. The normalized spacial score (nSPS) is 10.9. The molecule has 0 saturated heterocycles. The molecule has 0 aliphatic heterocycles. The predicted molar refractivity (Wildman–Crippen MR) is 68.7 cm³/mol. The van der Waals surface area contributed by atoms with Crippen molar-refractivity contribution in [2.45, 2.75) is 39.7 Å². The number of amides is 1. The maximum absolute atomic E-state index is 11.6. The molecule has 1 amide bonds. The van der Waals surface area contributed by atoms with Gasteiger partial charge in [0.1, 0.15) is 11.3 Å². The summed E-state index contributed by atoms with van der Waals surface area (Å²) < 4.78 is 5.12. The van der Waals surface area contributed by atoms with Gasteiger partial charge in [0.25, 0.3) is 0 Å². The zero-order valence-corrected chi connectivity index (χ0v) is 11.1. The topological polar surface area (TPSA) is 68.3 Å². The van der Waals surface area contributed by atoms with E-state index in [1.165, 1.54) is 6.20 Å². The fraction of sp³-hybridized carbons (Fsp3) is 0.462. The number of carbonyl (C=O) groups excluding carboxylic acids is 2. The van der Waals surface area contributed by atoms with Crippen molar-refractivity contribution in [3.63, 3.8) is 0 Å². The summed E-state index contributed by atoms with van der Waals surface area (Å²) in [6.07, 6.45) is 1.25. The van der Waals surface area contributed by atoms with Crippen molar-refractivity contribution in [2.24, 2.45) is 0 Å². The number of hydrogen-bond acceptors (Lipinski definition) is 4. The Morgan fingerprint density at radius 1 is 1.39 bits per heavy atom. The molecule has 1 aromatic rings. The summed E-state index contributed by atoms with van der Waals surface area (Å²) >= 11 is 0. The molecule has 1 aromatic heterocycles. The number of rotatable bonds is 3. The lowest BCUT2D eigenvalue weighted by molar-refractivity contribution is 0.0636. The molecule has 0 spiro atoms. The van der Waals surface area contributed by atoms with Gasteiger partial charge in [-0.3, -0.25) is 15.1 Å². The Kier molecular flexibility index (Phi) is 4.42. The average molecular weight is 250 g/mol. The molecule has 1 N–H and O–H groups in total. The lowest BCUT2D eigenvalue weighted by Crippen LogP contribution is -2.27. The second-order valence-corrected chi connectivity index (χ2v) is 4.80. The molecule has 0 aliphatic carbocycles. The number of nitrogens with one attached hydrogen (secondary N) is 1. The monoisotopic (exact) mass is 250 g/mol. The van der Waals surface area contributed by atoms with Crippen LogP contribution in [0.3, 0.4) is 0 Å². The highest BCUT2D eigenvalue weighted by Crippen LogP contribution is 2.16. The van der Waals surface area contributed by atoms with E-state index >= 15 is 0 Å². The van der Waals surface area contributed by atoms with Gasteiger partial charge in [-0.25, -0.2) is 4.79 Å². The molecular formula is C13H18N2O3. The Morgan fingerprint density at radius 3 is 2.61 bits per heavy atom. The molecule has 0 bridgehead atoms. The zero-order valence-electron chi connectivity index (χ0n) is 11.1. The molecule has 0 atom stereocenters. The third kappa shape index (κ3) is 4.16. The summed E-state index contributed by atoms with van der Waals surface area (Å²) in [6, 6.07) is 3.28. The Balaban J connectivity index is 2.85. The van der Waals surface area contributed by atoms with Crippen molar-refractivity contribution < 1.29 is 14.3 Å². The maximum Gasteiger partial charge on any atom is 0.412 e. The van der Waals surface area contributed by atoms with Crippen LogP contribution in [-0.2, 0) is 4.74 Å². The number of anilines is 1. The van der Waals surface area contributed by atoms with E-state index in [0.29, 0.717) is 12.1 Å². The van der Waals surface area contributed by atoms with Crippen molar-refractivity contribution >= 4 is 17.6 Å². The first-order valence-corrected chi connectivity index (χ1v) is 5.81. The van der Waals surface area contributed by atoms with Gasteiger partial charge in [0, 0.05) is 12.6 Å². The van der Waals surface area contributed by atoms with Gasteiger partial charge in [-0.2, -0.15) is 0 Å². The van der Waals surface area contributed by atoms with E-state index in [2.05, 4.69) is 10.3 Å². The SMILES string of the molecule is CCC(=O)c1ncccc1NC(=O)OC(C)(C)C.